The standard InChI is InChI=1S/C12H11FN2S/c13-10-4-1-3-8-9(7-16-12(8)10)11-5-2-6-14-15-11/h1,3-4,7,11H,2,5-6H2. The fourth-order valence-corrected chi connectivity index (χ4v) is 3.11. The molecule has 1 aliphatic heterocycles. The number of halogens is 1. The Labute approximate surface area is 96.8 Å². The van der Waals surface area contributed by atoms with Gasteiger partial charge in [-0.2, -0.15) is 10.2 Å². The summed E-state index contributed by atoms with van der Waals surface area (Å²) in [5, 5.41) is 11.4. The summed E-state index contributed by atoms with van der Waals surface area (Å²) in [6, 6.07) is 5.36. The number of nitrogens with zero attached hydrogens (tertiary/aromatic N) is 2. The molecule has 82 valence electrons. The van der Waals surface area contributed by atoms with Crippen molar-refractivity contribution in [1.82, 2.24) is 0 Å². The quantitative estimate of drug-likeness (QED) is 0.701. The third kappa shape index (κ3) is 1.53. The van der Waals surface area contributed by atoms with Crippen LogP contribution in [0.15, 0.2) is 33.8 Å². The van der Waals surface area contributed by atoms with Crippen LogP contribution in [0, 0.1) is 5.82 Å². The van der Waals surface area contributed by atoms with E-state index in [1.54, 1.807) is 6.07 Å². The van der Waals surface area contributed by atoms with E-state index in [0.717, 1.165) is 35.0 Å². The monoisotopic (exact) mass is 234 g/mol. The molecule has 1 unspecified atom stereocenters. The predicted molar refractivity (Wildman–Crippen MR) is 63.5 cm³/mol. The van der Waals surface area contributed by atoms with Crippen molar-refractivity contribution in [3.63, 3.8) is 0 Å². The van der Waals surface area contributed by atoms with E-state index in [1.807, 2.05) is 11.4 Å². The van der Waals surface area contributed by atoms with Crippen molar-refractivity contribution in [1.29, 1.82) is 0 Å². The number of fused-ring (bicyclic) bond motifs is 1. The molecule has 0 amide bonds. The van der Waals surface area contributed by atoms with E-state index >= 15 is 0 Å². The average molecular weight is 234 g/mol. The van der Waals surface area contributed by atoms with Crippen LogP contribution < -0.4 is 0 Å². The third-order valence-corrected chi connectivity index (χ3v) is 3.92. The highest BCUT2D eigenvalue weighted by molar-refractivity contribution is 7.17. The van der Waals surface area contributed by atoms with Gasteiger partial charge in [-0.15, -0.1) is 11.3 Å². The summed E-state index contributed by atoms with van der Waals surface area (Å²) >= 11 is 1.46. The van der Waals surface area contributed by atoms with E-state index in [-0.39, 0.29) is 11.9 Å². The van der Waals surface area contributed by atoms with Crippen molar-refractivity contribution >= 4 is 21.4 Å². The Morgan fingerprint density at radius 3 is 3.12 bits per heavy atom. The van der Waals surface area contributed by atoms with Crippen LogP contribution in [0.4, 0.5) is 4.39 Å². The zero-order chi connectivity index (χ0) is 11.0. The van der Waals surface area contributed by atoms with Crippen LogP contribution >= 0.6 is 11.3 Å². The summed E-state index contributed by atoms with van der Waals surface area (Å²) in [7, 11) is 0. The first kappa shape index (κ1) is 9.90. The molecule has 0 aliphatic carbocycles. The second kappa shape index (κ2) is 3.94. The fraction of sp³-hybridized carbons (Fsp3) is 0.333. The second-order valence-electron chi connectivity index (χ2n) is 3.95. The Morgan fingerprint density at radius 1 is 1.38 bits per heavy atom. The van der Waals surface area contributed by atoms with Gasteiger partial charge in [0.25, 0.3) is 0 Å². The normalized spacial score (nSPS) is 20.4. The molecule has 2 heterocycles. The van der Waals surface area contributed by atoms with Gasteiger partial charge in [0.05, 0.1) is 17.3 Å². The zero-order valence-corrected chi connectivity index (χ0v) is 9.51. The van der Waals surface area contributed by atoms with Gasteiger partial charge in [-0.3, -0.25) is 0 Å². The molecule has 0 saturated heterocycles. The number of benzene rings is 1. The second-order valence-corrected chi connectivity index (χ2v) is 4.83. The summed E-state index contributed by atoms with van der Waals surface area (Å²) in [4.78, 5) is 0. The number of azo groups is 1. The van der Waals surface area contributed by atoms with Crippen LogP contribution in [0.5, 0.6) is 0 Å². The minimum Gasteiger partial charge on any atom is -0.205 e. The molecule has 1 aliphatic rings. The lowest BCUT2D eigenvalue weighted by Crippen LogP contribution is -2.00. The lowest BCUT2D eigenvalue weighted by Gasteiger charge is -2.13. The van der Waals surface area contributed by atoms with Crippen LogP contribution in [-0.4, -0.2) is 6.54 Å². The predicted octanol–water partition coefficient (Wildman–Crippen LogP) is 4.33. The average Bonchev–Trinajstić information content (AvgIpc) is 2.75. The molecule has 16 heavy (non-hydrogen) atoms. The number of hydrogen-bond acceptors (Lipinski definition) is 3. The number of hydrogen-bond donors (Lipinski definition) is 0. The van der Waals surface area contributed by atoms with E-state index < -0.39 is 0 Å². The van der Waals surface area contributed by atoms with Gasteiger partial charge in [-0.25, -0.2) is 4.39 Å². The van der Waals surface area contributed by atoms with E-state index in [2.05, 4.69) is 10.2 Å². The minimum absolute atomic E-state index is 0.129. The summed E-state index contributed by atoms with van der Waals surface area (Å²) in [5.41, 5.74) is 1.13. The Hall–Kier alpha value is -1.29. The summed E-state index contributed by atoms with van der Waals surface area (Å²) in [6.45, 7) is 0.826. The van der Waals surface area contributed by atoms with Crippen molar-refractivity contribution in [3.05, 3.63) is 35.0 Å². The smallest absolute Gasteiger partial charge is 0.140 e. The van der Waals surface area contributed by atoms with Crippen LogP contribution in [0.3, 0.4) is 0 Å². The summed E-state index contributed by atoms with van der Waals surface area (Å²) < 4.78 is 14.3. The Balaban J connectivity index is 2.13. The summed E-state index contributed by atoms with van der Waals surface area (Å²) in [5.74, 6) is -0.138. The first-order chi connectivity index (χ1) is 7.86. The highest BCUT2D eigenvalue weighted by Gasteiger charge is 2.18. The van der Waals surface area contributed by atoms with Crippen molar-refractivity contribution in [3.8, 4) is 0 Å². The molecule has 2 nitrogen and oxygen atoms in total. The molecule has 3 rings (SSSR count). The maximum atomic E-state index is 13.5. The van der Waals surface area contributed by atoms with Crippen molar-refractivity contribution < 1.29 is 4.39 Å². The lowest BCUT2D eigenvalue weighted by molar-refractivity contribution is 0.534. The molecule has 4 heteroatoms. The molecular weight excluding hydrogens is 223 g/mol. The lowest BCUT2D eigenvalue weighted by atomic mass is 10.0. The van der Waals surface area contributed by atoms with Crippen LogP contribution in [-0.2, 0) is 0 Å². The van der Waals surface area contributed by atoms with Crippen LogP contribution in [0.25, 0.3) is 10.1 Å². The Kier molecular flexibility index (Phi) is 2.44. The van der Waals surface area contributed by atoms with Crippen molar-refractivity contribution in [2.45, 2.75) is 18.9 Å². The fourth-order valence-electron chi connectivity index (χ4n) is 2.09. The molecule has 0 N–H and O–H groups in total. The maximum absolute atomic E-state index is 13.5. The van der Waals surface area contributed by atoms with Gasteiger partial charge in [0.15, 0.2) is 0 Å². The largest absolute Gasteiger partial charge is 0.205 e. The van der Waals surface area contributed by atoms with Gasteiger partial charge in [0.2, 0.25) is 0 Å². The molecule has 2 aromatic rings. The van der Waals surface area contributed by atoms with E-state index in [1.165, 1.54) is 17.4 Å². The summed E-state index contributed by atoms with van der Waals surface area (Å²) in [6.07, 6.45) is 2.09. The Bertz CT molecular complexity index is 547. The van der Waals surface area contributed by atoms with E-state index in [0.29, 0.717) is 0 Å². The van der Waals surface area contributed by atoms with Gasteiger partial charge >= 0.3 is 0 Å². The molecule has 1 aromatic carbocycles. The van der Waals surface area contributed by atoms with Gasteiger partial charge < -0.3 is 0 Å². The number of thiophene rings is 1. The SMILES string of the molecule is Fc1cccc2c(C3CCCN=N3)csc12. The highest BCUT2D eigenvalue weighted by atomic mass is 32.1. The molecule has 0 radical (unpaired) electrons. The highest BCUT2D eigenvalue weighted by Crippen LogP contribution is 2.36. The van der Waals surface area contributed by atoms with Crippen LogP contribution in [0.2, 0.25) is 0 Å². The van der Waals surface area contributed by atoms with E-state index in [4.69, 9.17) is 0 Å². The van der Waals surface area contributed by atoms with Crippen molar-refractivity contribution in [2.75, 3.05) is 6.54 Å². The minimum atomic E-state index is -0.138. The molecule has 0 saturated carbocycles. The van der Waals surface area contributed by atoms with Gasteiger partial charge in [0, 0.05) is 5.39 Å². The first-order valence-electron chi connectivity index (χ1n) is 5.38. The number of rotatable bonds is 1. The molecule has 0 fully saturated rings. The van der Waals surface area contributed by atoms with Gasteiger partial charge in [0.1, 0.15) is 5.82 Å². The molecule has 0 spiro atoms. The maximum Gasteiger partial charge on any atom is 0.140 e. The van der Waals surface area contributed by atoms with Crippen molar-refractivity contribution in [2.24, 2.45) is 10.2 Å². The van der Waals surface area contributed by atoms with E-state index in [9.17, 15) is 4.39 Å². The molecule has 1 aromatic heterocycles. The van der Waals surface area contributed by atoms with Gasteiger partial charge in [-0.1, -0.05) is 12.1 Å². The topological polar surface area (TPSA) is 24.7 Å². The third-order valence-electron chi connectivity index (χ3n) is 2.90. The Morgan fingerprint density at radius 2 is 2.31 bits per heavy atom. The molecule has 0 bridgehead atoms. The molecule has 1 atom stereocenters. The zero-order valence-electron chi connectivity index (χ0n) is 8.69. The molecular formula is C12H11FN2S. The van der Waals surface area contributed by atoms with Crippen LogP contribution in [0.1, 0.15) is 24.4 Å². The van der Waals surface area contributed by atoms with Gasteiger partial charge in [-0.05, 0) is 29.9 Å². The first-order valence-corrected chi connectivity index (χ1v) is 6.26.